The van der Waals surface area contributed by atoms with Gasteiger partial charge in [0.25, 0.3) is 0 Å². The fourth-order valence-corrected chi connectivity index (χ4v) is 6.69. The first-order valence-electron chi connectivity index (χ1n) is 7.60. The van der Waals surface area contributed by atoms with E-state index < -0.39 is 0 Å². The number of nitrogens with zero attached hydrogens (tertiary/aromatic N) is 1. The van der Waals surface area contributed by atoms with Gasteiger partial charge in [0.05, 0.1) is 0 Å². The Bertz CT molecular complexity index is 322. The molecular formula is C15H23N. The van der Waals surface area contributed by atoms with Crippen molar-refractivity contribution in [2.45, 2.75) is 62.9 Å². The van der Waals surface area contributed by atoms with Gasteiger partial charge in [-0.05, 0) is 75.0 Å². The van der Waals surface area contributed by atoms with Crippen molar-refractivity contribution in [3.8, 4) is 0 Å². The highest BCUT2D eigenvalue weighted by molar-refractivity contribution is 5.16. The van der Waals surface area contributed by atoms with Gasteiger partial charge in [-0.2, -0.15) is 0 Å². The SMILES string of the molecule is C1C[C@H]2CC1CN2C12CC3CC(CC1C3)C2. The van der Waals surface area contributed by atoms with Crippen LogP contribution in [-0.4, -0.2) is 23.0 Å². The van der Waals surface area contributed by atoms with Gasteiger partial charge in [0.1, 0.15) is 0 Å². The van der Waals surface area contributed by atoms with Gasteiger partial charge in [-0.1, -0.05) is 0 Å². The molecule has 5 saturated carbocycles. The molecule has 1 saturated heterocycles. The van der Waals surface area contributed by atoms with Gasteiger partial charge in [-0.25, -0.2) is 0 Å². The van der Waals surface area contributed by atoms with Crippen LogP contribution >= 0.6 is 0 Å². The summed E-state index contributed by atoms with van der Waals surface area (Å²) in [4.78, 5) is 3.05. The Morgan fingerprint density at radius 1 is 0.812 bits per heavy atom. The van der Waals surface area contributed by atoms with Gasteiger partial charge in [0.2, 0.25) is 0 Å². The molecule has 1 heterocycles. The predicted octanol–water partition coefficient (Wildman–Crippen LogP) is 3.05. The predicted molar refractivity (Wildman–Crippen MR) is 64.1 cm³/mol. The molecule has 6 rings (SSSR count). The minimum atomic E-state index is 0.743. The Balaban J connectivity index is 1.54. The average molecular weight is 217 g/mol. The summed E-state index contributed by atoms with van der Waals surface area (Å²) in [6, 6.07) is 1.02. The van der Waals surface area contributed by atoms with Crippen molar-refractivity contribution in [3.63, 3.8) is 0 Å². The van der Waals surface area contributed by atoms with Gasteiger partial charge < -0.3 is 0 Å². The molecule has 1 heteroatoms. The second kappa shape index (κ2) is 2.68. The highest BCUT2D eigenvalue weighted by Gasteiger charge is 2.62. The zero-order chi connectivity index (χ0) is 10.3. The topological polar surface area (TPSA) is 3.24 Å². The third-order valence-electron chi connectivity index (χ3n) is 6.93. The van der Waals surface area contributed by atoms with Gasteiger partial charge in [-0.3, -0.25) is 4.90 Å². The molecule has 6 bridgehead atoms. The monoisotopic (exact) mass is 217 g/mol. The molecule has 0 N–H and O–H groups in total. The van der Waals surface area contributed by atoms with Crippen molar-refractivity contribution in [3.05, 3.63) is 0 Å². The van der Waals surface area contributed by atoms with E-state index in [2.05, 4.69) is 4.90 Å². The normalized spacial score (nSPS) is 62.6. The van der Waals surface area contributed by atoms with Crippen molar-refractivity contribution >= 4 is 0 Å². The highest BCUT2D eigenvalue weighted by atomic mass is 15.3. The van der Waals surface area contributed by atoms with E-state index in [9.17, 15) is 0 Å². The van der Waals surface area contributed by atoms with Crippen LogP contribution in [0.15, 0.2) is 0 Å². The largest absolute Gasteiger partial charge is 0.294 e. The van der Waals surface area contributed by atoms with Gasteiger partial charge >= 0.3 is 0 Å². The molecule has 4 atom stereocenters. The van der Waals surface area contributed by atoms with E-state index in [1.807, 2.05) is 0 Å². The third-order valence-corrected chi connectivity index (χ3v) is 6.93. The summed E-state index contributed by atoms with van der Waals surface area (Å²) >= 11 is 0. The molecule has 0 aromatic rings. The lowest BCUT2D eigenvalue weighted by molar-refractivity contribution is 0.0285. The minimum absolute atomic E-state index is 0.743. The molecule has 0 aromatic carbocycles. The Labute approximate surface area is 98.6 Å². The van der Waals surface area contributed by atoms with E-state index in [4.69, 9.17) is 0 Å². The molecule has 88 valence electrons. The van der Waals surface area contributed by atoms with Crippen LogP contribution in [0.4, 0.5) is 0 Å². The maximum atomic E-state index is 3.05. The van der Waals surface area contributed by atoms with Crippen LogP contribution in [0.25, 0.3) is 0 Å². The second-order valence-electron chi connectivity index (χ2n) is 7.63. The van der Waals surface area contributed by atoms with Crippen molar-refractivity contribution in [1.82, 2.24) is 4.90 Å². The molecule has 3 unspecified atom stereocenters. The van der Waals surface area contributed by atoms with E-state index in [0.717, 1.165) is 35.3 Å². The smallest absolute Gasteiger partial charge is 0.0246 e. The highest BCUT2D eigenvalue weighted by Crippen LogP contribution is 2.64. The van der Waals surface area contributed by atoms with Crippen molar-refractivity contribution < 1.29 is 0 Å². The van der Waals surface area contributed by atoms with E-state index >= 15 is 0 Å². The molecular weight excluding hydrogens is 194 g/mol. The Kier molecular flexibility index (Phi) is 1.50. The van der Waals surface area contributed by atoms with Gasteiger partial charge in [0.15, 0.2) is 0 Å². The van der Waals surface area contributed by atoms with E-state index in [1.165, 1.54) is 13.0 Å². The van der Waals surface area contributed by atoms with Gasteiger partial charge in [-0.15, -0.1) is 0 Å². The van der Waals surface area contributed by atoms with E-state index in [0.29, 0.717) is 0 Å². The van der Waals surface area contributed by atoms with E-state index in [-0.39, 0.29) is 0 Å². The lowest BCUT2D eigenvalue weighted by atomic mass is 9.79. The second-order valence-corrected chi connectivity index (χ2v) is 7.63. The first kappa shape index (κ1) is 8.97. The molecule has 0 amide bonds. The average Bonchev–Trinajstić information content (AvgIpc) is 2.97. The molecule has 6 fully saturated rings. The zero-order valence-corrected chi connectivity index (χ0v) is 10.2. The molecule has 0 spiro atoms. The number of piperidine rings is 1. The van der Waals surface area contributed by atoms with Crippen LogP contribution in [0, 0.1) is 23.7 Å². The Morgan fingerprint density at radius 2 is 1.62 bits per heavy atom. The van der Waals surface area contributed by atoms with Crippen molar-refractivity contribution in [2.75, 3.05) is 6.54 Å². The minimum Gasteiger partial charge on any atom is -0.294 e. The van der Waals surface area contributed by atoms with Crippen LogP contribution in [0.5, 0.6) is 0 Å². The molecule has 1 nitrogen and oxygen atoms in total. The number of fused-ring (bicyclic) bond motifs is 2. The van der Waals surface area contributed by atoms with Crippen molar-refractivity contribution in [1.29, 1.82) is 0 Å². The van der Waals surface area contributed by atoms with Crippen LogP contribution < -0.4 is 0 Å². The summed E-state index contributed by atoms with van der Waals surface area (Å²) in [6.45, 7) is 1.49. The summed E-state index contributed by atoms with van der Waals surface area (Å²) in [5.41, 5.74) is 0.743. The zero-order valence-electron chi connectivity index (χ0n) is 10.2. The molecule has 0 aromatic heterocycles. The maximum Gasteiger partial charge on any atom is 0.0246 e. The van der Waals surface area contributed by atoms with E-state index in [1.54, 1.807) is 44.9 Å². The maximum absolute atomic E-state index is 3.05. The third kappa shape index (κ3) is 0.903. The summed E-state index contributed by atoms with van der Waals surface area (Å²) in [6.07, 6.45) is 12.6. The van der Waals surface area contributed by atoms with Crippen LogP contribution in [0.2, 0.25) is 0 Å². The number of hydrogen-bond acceptors (Lipinski definition) is 1. The first-order valence-corrected chi connectivity index (χ1v) is 7.60. The van der Waals surface area contributed by atoms with Crippen LogP contribution in [0.3, 0.4) is 0 Å². The molecule has 5 aliphatic carbocycles. The molecule has 1 aliphatic heterocycles. The standard InChI is InChI=1S/C15H23N/c1-2-14-6-10(1)9-16(14)15-7-11-3-12(8-15)5-13(15)4-11/h10-14H,1-9H2/t10?,11?,12?,13?,14-,15?/m0/s1. The fraction of sp³-hybridized carbons (Fsp3) is 1.00. The quantitative estimate of drug-likeness (QED) is 0.652. The number of likely N-dealkylation sites (tertiary alicyclic amines) is 1. The van der Waals surface area contributed by atoms with Gasteiger partial charge in [0, 0.05) is 18.1 Å². The lowest BCUT2D eigenvalue weighted by Gasteiger charge is -2.46. The number of rotatable bonds is 1. The van der Waals surface area contributed by atoms with Crippen molar-refractivity contribution in [2.24, 2.45) is 23.7 Å². The summed E-state index contributed by atoms with van der Waals surface area (Å²) in [5.74, 6) is 4.49. The van der Waals surface area contributed by atoms with Crippen LogP contribution in [-0.2, 0) is 0 Å². The molecule has 6 aliphatic rings. The lowest BCUT2D eigenvalue weighted by Crippen LogP contribution is -2.53. The summed E-state index contributed by atoms with van der Waals surface area (Å²) in [5, 5.41) is 0. The number of hydrogen-bond donors (Lipinski definition) is 0. The fourth-order valence-electron chi connectivity index (χ4n) is 6.69. The Hall–Kier alpha value is -0.0400. The summed E-state index contributed by atoms with van der Waals surface area (Å²) < 4.78 is 0. The van der Waals surface area contributed by atoms with Crippen LogP contribution in [0.1, 0.15) is 51.4 Å². The Morgan fingerprint density at radius 3 is 2.25 bits per heavy atom. The first-order chi connectivity index (χ1) is 7.83. The molecule has 0 radical (unpaired) electrons. The molecule has 16 heavy (non-hydrogen) atoms. The summed E-state index contributed by atoms with van der Waals surface area (Å²) in [7, 11) is 0.